The Kier molecular flexibility index (Phi) is 4.21. The normalized spacial score (nSPS) is 16.3. The molecule has 1 aliphatic heterocycles. The average molecular weight is 379 g/mol. The quantitative estimate of drug-likeness (QED) is 0.453. The van der Waals surface area contributed by atoms with E-state index >= 15 is 0 Å². The van der Waals surface area contributed by atoms with Crippen molar-refractivity contribution in [3.63, 3.8) is 0 Å². The van der Waals surface area contributed by atoms with Crippen LogP contribution in [0.2, 0.25) is 0 Å². The summed E-state index contributed by atoms with van der Waals surface area (Å²) in [4.78, 5) is 15.3. The maximum atomic E-state index is 13.0. The Labute approximate surface area is 162 Å². The number of hydrogen-bond donors (Lipinski definition) is 0. The first kappa shape index (κ1) is 17.1. The molecule has 0 N–H and O–H groups in total. The summed E-state index contributed by atoms with van der Waals surface area (Å²) in [7, 11) is 2.01. The molecule has 3 nitrogen and oxygen atoms in total. The average Bonchev–Trinajstić information content (AvgIpc) is 3.06. The molecule has 0 unspecified atom stereocenters. The van der Waals surface area contributed by atoms with Gasteiger partial charge in [-0.3, -0.25) is 9.69 Å². The molecule has 130 valence electrons. The van der Waals surface area contributed by atoms with Gasteiger partial charge in [0.05, 0.1) is 10.6 Å². The third-order valence-electron chi connectivity index (χ3n) is 4.60. The summed E-state index contributed by atoms with van der Waals surface area (Å²) in [6.07, 6.45) is 4.00. The van der Waals surface area contributed by atoms with Crippen LogP contribution in [0.25, 0.3) is 17.0 Å². The fraction of sp³-hybridized carbons (Fsp3) is 0.143. The minimum Gasteiger partial charge on any atom is -0.350 e. The number of nitrogens with zero attached hydrogens (tertiary/aromatic N) is 2. The highest BCUT2D eigenvalue weighted by atomic mass is 32.2. The predicted octanol–water partition coefficient (Wildman–Crippen LogP) is 5.20. The Morgan fingerprint density at radius 3 is 2.65 bits per heavy atom. The van der Waals surface area contributed by atoms with E-state index in [1.807, 2.05) is 57.4 Å². The summed E-state index contributed by atoms with van der Waals surface area (Å²) in [5, 5.41) is 1.13. The van der Waals surface area contributed by atoms with E-state index in [0.717, 1.165) is 27.7 Å². The number of hydrogen-bond acceptors (Lipinski definition) is 3. The summed E-state index contributed by atoms with van der Waals surface area (Å²) in [5.41, 5.74) is 5.25. The summed E-state index contributed by atoms with van der Waals surface area (Å²) >= 11 is 6.87. The first-order chi connectivity index (χ1) is 12.5. The number of rotatable bonds is 2. The maximum absolute atomic E-state index is 13.0. The van der Waals surface area contributed by atoms with Gasteiger partial charge in [0.1, 0.15) is 0 Å². The van der Waals surface area contributed by atoms with Crippen LogP contribution >= 0.6 is 24.0 Å². The second kappa shape index (κ2) is 6.41. The lowest BCUT2D eigenvalue weighted by atomic mass is 10.1. The fourth-order valence-electron chi connectivity index (χ4n) is 3.36. The Morgan fingerprint density at radius 1 is 1.12 bits per heavy atom. The van der Waals surface area contributed by atoms with Crippen LogP contribution in [0.1, 0.15) is 16.7 Å². The molecule has 3 aromatic rings. The molecule has 1 aromatic heterocycles. The van der Waals surface area contributed by atoms with E-state index in [-0.39, 0.29) is 5.91 Å². The molecular weight excluding hydrogens is 360 g/mol. The number of anilines is 1. The van der Waals surface area contributed by atoms with Crippen molar-refractivity contribution in [3.05, 3.63) is 70.3 Å². The van der Waals surface area contributed by atoms with E-state index in [0.29, 0.717) is 9.23 Å². The van der Waals surface area contributed by atoms with Crippen LogP contribution in [0.5, 0.6) is 0 Å². The van der Waals surface area contributed by atoms with Crippen molar-refractivity contribution in [2.45, 2.75) is 13.8 Å². The van der Waals surface area contributed by atoms with Crippen molar-refractivity contribution in [1.29, 1.82) is 0 Å². The van der Waals surface area contributed by atoms with E-state index in [1.165, 1.54) is 17.3 Å². The lowest BCUT2D eigenvalue weighted by Crippen LogP contribution is -2.28. The molecule has 0 atom stereocenters. The number of amides is 1. The van der Waals surface area contributed by atoms with Crippen LogP contribution in [0.15, 0.2) is 53.6 Å². The van der Waals surface area contributed by atoms with Gasteiger partial charge in [-0.2, -0.15) is 0 Å². The molecule has 0 spiro atoms. The topological polar surface area (TPSA) is 25.2 Å². The van der Waals surface area contributed by atoms with Crippen LogP contribution in [-0.4, -0.2) is 14.8 Å². The van der Waals surface area contributed by atoms with Gasteiger partial charge < -0.3 is 4.57 Å². The van der Waals surface area contributed by atoms with Crippen LogP contribution in [0.3, 0.4) is 0 Å². The van der Waals surface area contributed by atoms with Crippen molar-refractivity contribution < 1.29 is 4.79 Å². The Bertz CT molecular complexity index is 1090. The van der Waals surface area contributed by atoms with Crippen molar-refractivity contribution in [2.75, 3.05) is 4.90 Å². The highest BCUT2D eigenvalue weighted by Gasteiger charge is 2.34. The Balaban J connectivity index is 1.76. The number of fused-ring (bicyclic) bond motifs is 1. The van der Waals surface area contributed by atoms with E-state index in [1.54, 1.807) is 4.90 Å². The van der Waals surface area contributed by atoms with Gasteiger partial charge in [0.15, 0.2) is 4.32 Å². The molecule has 1 fully saturated rings. The van der Waals surface area contributed by atoms with Gasteiger partial charge in [0, 0.05) is 29.7 Å². The molecule has 0 bridgehead atoms. The predicted molar refractivity (Wildman–Crippen MR) is 114 cm³/mol. The zero-order valence-corrected chi connectivity index (χ0v) is 16.4. The molecule has 1 aliphatic rings. The van der Waals surface area contributed by atoms with E-state index in [4.69, 9.17) is 12.2 Å². The summed E-state index contributed by atoms with van der Waals surface area (Å²) in [6.45, 7) is 4.05. The molecule has 2 aromatic carbocycles. The van der Waals surface area contributed by atoms with Crippen LogP contribution < -0.4 is 4.90 Å². The van der Waals surface area contributed by atoms with Crippen LogP contribution in [0.4, 0.5) is 5.69 Å². The lowest BCUT2D eigenvalue weighted by molar-refractivity contribution is -0.113. The van der Waals surface area contributed by atoms with E-state index in [2.05, 4.69) is 22.8 Å². The van der Waals surface area contributed by atoms with Gasteiger partial charge in [-0.25, -0.2) is 0 Å². The zero-order chi connectivity index (χ0) is 18.4. The second-order valence-corrected chi connectivity index (χ2v) is 8.20. The van der Waals surface area contributed by atoms with E-state index in [9.17, 15) is 4.79 Å². The third kappa shape index (κ3) is 2.77. The molecule has 1 amide bonds. The SMILES string of the molecule is Cc1ccc(N2C(=O)C(=Cc3cn(C)c4ccccc34)SC2=S)c(C)c1. The van der Waals surface area contributed by atoms with Crippen LogP contribution in [0, 0.1) is 13.8 Å². The smallest absolute Gasteiger partial charge is 0.270 e. The molecule has 2 heterocycles. The van der Waals surface area contributed by atoms with Gasteiger partial charge in [-0.1, -0.05) is 59.9 Å². The number of benzene rings is 2. The van der Waals surface area contributed by atoms with Crippen molar-refractivity contribution in [3.8, 4) is 0 Å². The molecule has 0 saturated carbocycles. The van der Waals surface area contributed by atoms with Gasteiger partial charge in [0.2, 0.25) is 0 Å². The van der Waals surface area contributed by atoms with Gasteiger partial charge in [-0.05, 0) is 37.6 Å². The Hall–Kier alpha value is -2.37. The van der Waals surface area contributed by atoms with Crippen LogP contribution in [-0.2, 0) is 11.8 Å². The number of thioether (sulfide) groups is 1. The minimum atomic E-state index is -0.0557. The number of para-hydroxylation sites is 1. The third-order valence-corrected chi connectivity index (χ3v) is 5.90. The maximum Gasteiger partial charge on any atom is 0.270 e. The largest absolute Gasteiger partial charge is 0.350 e. The van der Waals surface area contributed by atoms with Gasteiger partial charge in [-0.15, -0.1) is 0 Å². The van der Waals surface area contributed by atoms with Gasteiger partial charge >= 0.3 is 0 Å². The first-order valence-corrected chi connectivity index (χ1v) is 9.57. The highest BCUT2D eigenvalue weighted by molar-refractivity contribution is 8.27. The summed E-state index contributed by atoms with van der Waals surface area (Å²) < 4.78 is 2.65. The number of aromatic nitrogens is 1. The Morgan fingerprint density at radius 2 is 1.88 bits per heavy atom. The molecule has 0 aliphatic carbocycles. The van der Waals surface area contributed by atoms with Gasteiger partial charge in [0.25, 0.3) is 5.91 Å². The standard InChI is InChI=1S/C21H18N2OS2/c1-13-8-9-17(14(2)10-13)23-20(24)19(26-21(23)25)11-15-12-22(3)18-7-5-4-6-16(15)18/h4-12H,1-3H3. The molecule has 0 radical (unpaired) electrons. The lowest BCUT2D eigenvalue weighted by Gasteiger charge is -2.17. The molecular formula is C21H18N2OS2. The number of carbonyl (C=O) groups is 1. The van der Waals surface area contributed by atoms with E-state index < -0.39 is 0 Å². The number of carbonyl (C=O) groups excluding carboxylic acids is 1. The monoisotopic (exact) mass is 378 g/mol. The van der Waals surface area contributed by atoms with Crippen molar-refractivity contribution in [1.82, 2.24) is 4.57 Å². The number of aryl methyl sites for hydroxylation is 3. The molecule has 4 rings (SSSR count). The second-order valence-electron chi connectivity index (χ2n) is 6.52. The molecule has 26 heavy (non-hydrogen) atoms. The minimum absolute atomic E-state index is 0.0557. The molecule has 5 heteroatoms. The number of thiocarbonyl (C=S) groups is 1. The molecule has 1 saturated heterocycles. The van der Waals surface area contributed by atoms with Crippen molar-refractivity contribution in [2.24, 2.45) is 7.05 Å². The summed E-state index contributed by atoms with van der Waals surface area (Å²) in [6, 6.07) is 14.2. The zero-order valence-electron chi connectivity index (χ0n) is 14.8. The first-order valence-electron chi connectivity index (χ1n) is 8.35. The highest BCUT2D eigenvalue weighted by Crippen LogP contribution is 2.38. The fourth-order valence-corrected chi connectivity index (χ4v) is 4.64. The summed E-state index contributed by atoms with van der Waals surface area (Å²) in [5.74, 6) is -0.0557. The van der Waals surface area contributed by atoms with Crippen molar-refractivity contribution >= 4 is 56.9 Å².